The van der Waals surface area contributed by atoms with Gasteiger partial charge in [0.25, 0.3) is 0 Å². The third-order valence-electron chi connectivity index (χ3n) is 2.72. The molecule has 1 saturated heterocycles. The molecule has 5 heteroatoms. The van der Waals surface area contributed by atoms with Crippen molar-refractivity contribution in [2.24, 2.45) is 11.7 Å². The molecule has 4 nitrogen and oxygen atoms in total. The molecule has 1 aliphatic heterocycles. The summed E-state index contributed by atoms with van der Waals surface area (Å²) in [5.41, 5.74) is 5.28. The highest BCUT2D eigenvalue weighted by Crippen LogP contribution is 2.25. The molecule has 1 fully saturated rings. The van der Waals surface area contributed by atoms with Crippen LogP contribution in [0.4, 0.5) is 4.79 Å². The summed E-state index contributed by atoms with van der Waals surface area (Å²) in [6.45, 7) is 6.06. The average Bonchev–Trinajstić information content (AvgIpc) is 2.24. The molecule has 1 rings (SSSR count). The first-order valence-corrected chi connectivity index (χ1v) is 7.35. The summed E-state index contributed by atoms with van der Waals surface area (Å²) in [7, 11) is 0. The van der Waals surface area contributed by atoms with Gasteiger partial charge in [-0.05, 0) is 51.0 Å². The Bertz CT molecular complexity index is 247. The highest BCUT2D eigenvalue weighted by atomic mass is 32.2. The minimum atomic E-state index is -0.454. The molecule has 0 spiro atoms. The van der Waals surface area contributed by atoms with Crippen molar-refractivity contribution < 1.29 is 9.53 Å². The van der Waals surface area contributed by atoms with Gasteiger partial charge in [0.2, 0.25) is 0 Å². The van der Waals surface area contributed by atoms with Crippen LogP contribution in [0.15, 0.2) is 0 Å². The number of nitrogens with one attached hydrogen (secondary N) is 1. The van der Waals surface area contributed by atoms with Gasteiger partial charge in [-0.1, -0.05) is 0 Å². The number of amides is 1. The minimum absolute atomic E-state index is 0.0395. The molecule has 0 saturated carbocycles. The number of carbonyl (C=O) groups excluding carboxylic acids is 1. The average molecular weight is 260 g/mol. The van der Waals surface area contributed by atoms with Crippen molar-refractivity contribution in [3.63, 3.8) is 0 Å². The second-order valence-electron chi connectivity index (χ2n) is 5.47. The van der Waals surface area contributed by atoms with Crippen molar-refractivity contribution in [1.29, 1.82) is 0 Å². The van der Waals surface area contributed by atoms with Crippen molar-refractivity contribution in [3.05, 3.63) is 0 Å². The van der Waals surface area contributed by atoms with Crippen molar-refractivity contribution in [2.75, 3.05) is 18.1 Å². The standard InChI is InChI=1S/C12H24N2O2S/c1-12(2,3)16-11(15)14-10(7-13)9-5-4-6-17-8-9/h9-10H,4-8,13H2,1-3H3,(H,14,15). The molecular weight excluding hydrogens is 236 g/mol. The Hall–Kier alpha value is -0.420. The quantitative estimate of drug-likeness (QED) is 0.814. The van der Waals surface area contributed by atoms with Crippen molar-refractivity contribution >= 4 is 17.9 Å². The third kappa shape index (κ3) is 5.64. The number of hydrogen-bond donors (Lipinski definition) is 2. The van der Waals surface area contributed by atoms with Crippen molar-refractivity contribution in [1.82, 2.24) is 5.32 Å². The normalized spacial score (nSPS) is 22.9. The van der Waals surface area contributed by atoms with Crippen LogP contribution in [0.25, 0.3) is 0 Å². The Morgan fingerprint density at radius 3 is 2.76 bits per heavy atom. The smallest absolute Gasteiger partial charge is 0.407 e. The molecule has 100 valence electrons. The molecule has 0 aromatic rings. The van der Waals surface area contributed by atoms with Crippen LogP contribution in [-0.4, -0.2) is 35.8 Å². The largest absolute Gasteiger partial charge is 0.444 e. The predicted molar refractivity (Wildman–Crippen MR) is 72.3 cm³/mol. The van der Waals surface area contributed by atoms with E-state index in [0.29, 0.717) is 12.5 Å². The molecule has 1 amide bonds. The lowest BCUT2D eigenvalue weighted by Gasteiger charge is -2.30. The summed E-state index contributed by atoms with van der Waals surface area (Å²) in [5, 5.41) is 2.89. The minimum Gasteiger partial charge on any atom is -0.444 e. The highest BCUT2D eigenvalue weighted by molar-refractivity contribution is 7.99. The number of thioether (sulfide) groups is 1. The van der Waals surface area contributed by atoms with Gasteiger partial charge in [0, 0.05) is 12.6 Å². The molecule has 3 N–H and O–H groups in total. The Morgan fingerprint density at radius 2 is 2.29 bits per heavy atom. The number of alkyl carbamates (subject to hydrolysis) is 1. The predicted octanol–water partition coefficient (Wildman–Crippen LogP) is 1.98. The SMILES string of the molecule is CC(C)(C)OC(=O)NC(CN)C1CCCSC1. The fourth-order valence-electron chi connectivity index (χ4n) is 1.91. The fraction of sp³-hybridized carbons (Fsp3) is 0.917. The molecule has 0 aromatic heterocycles. The molecule has 2 unspecified atom stereocenters. The topological polar surface area (TPSA) is 64.3 Å². The summed E-state index contributed by atoms with van der Waals surface area (Å²) in [6.07, 6.45) is 2.00. The number of ether oxygens (including phenoxy) is 1. The zero-order valence-electron chi connectivity index (χ0n) is 11.0. The van der Waals surface area contributed by atoms with Crippen LogP contribution >= 0.6 is 11.8 Å². The summed E-state index contributed by atoms with van der Waals surface area (Å²) >= 11 is 1.94. The zero-order valence-corrected chi connectivity index (χ0v) is 11.8. The fourth-order valence-corrected chi connectivity index (χ4v) is 3.15. The van der Waals surface area contributed by atoms with E-state index < -0.39 is 5.60 Å². The lowest BCUT2D eigenvalue weighted by atomic mass is 9.96. The van der Waals surface area contributed by atoms with E-state index in [1.807, 2.05) is 32.5 Å². The second-order valence-corrected chi connectivity index (χ2v) is 6.62. The van der Waals surface area contributed by atoms with Crippen molar-refractivity contribution in [2.45, 2.75) is 45.3 Å². The summed E-state index contributed by atoms with van der Waals surface area (Å²) in [4.78, 5) is 11.7. The Kier molecular flexibility index (Phi) is 5.59. The molecule has 1 aliphatic rings. The van der Waals surface area contributed by atoms with Gasteiger partial charge in [0.1, 0.15) is 5.60 Å². The van der Waals surface area contributed by atoms with Gasteiger partial charge in [-0.2, -0.15) is 11.8 Å². The molecule has 0 aromatic carbocycles. The van der Waals surface area contributed by atoms with Crippen LogP contribution < -0.4 is 11.1 Å². The van der Waals surface area contributed by atoms with Gasteiger partial charge >= 0.3 is 6.09 Å². The summed E-state index contributed by atoms with van der Waals surface area (Å²) in [6, 6.07) is 0.0395. The molecule has 0 aliphatic carbocycles. The summed E-state index contributed by atoms with van der Waals surface area (Å²) < 4.78 is 5.25. The Morgan fingerprint density at radius 1 is 1.59 bits per heavy atom. The molecule has 0 radical (unpaired) electrons. The van der Waals surface area contributed by atoms with E-state index in [1.165, 1.54) is 12.2 Å². The van der Waals surface area contributed by atoms with Crippen LogP contribution in [0.2, 0.25) is 0 Å². The second kappa shape index (κ2) is 6.50. The van der Waals surface area contributed by atoms with Gasteiger partial charge in [-0.3, -0.25) is 0 Å². The van der Waals surface area contributed by atoms with Gasteiger partial charge in [-0.15, -0.1) is 0 Å². The lowest BCUT2D eigenvalue weighted by molar-refractivity contribution is 0.0489. The van der Waals surface area contributed by atoms with Gasteiger partial charge in [-0.25, -0.2) is 4.79 Å². The number of carbonyl (C=O) groups is 1. The molecule has 1 heterocycles. The van der Waals surface area contributed by atoms with Crippen LogP contribution in [0.1, 0.15) is 33.6 Å². The van der Waals surface area contributed by atoms with Gasteiger partial charge in [0.15, 0.2) is 0 Å². The van der Waals surface area contributed by atoms with Crippen LogP contribution in [0, 0.1) is 5.92 Å². The van der Waals surface area contributed by atoms with E-state index >= 15 is 0 Å². The van der Waals surface area contributed by atoms with E-state index in [2.05, 4.69) is 5.32 Å². The maximum absolute atomic E-state index is 11.7. The summed E-state index contributed by atoms with van der Waals surface area (Å²) in [5.74, 6) is 2.78. The van der Waals surface area contributed by atoms with Gasteiger partial charge in [0.05, 0.1) is 0 Å². The molecular formula is C12H24N2O2S. The van der Waals surface area contributed by atoms with E-state index in [9.17, 15) is 4.79 Å². The van der Waals surface area contributed by atoms with Crippen LogP contribution in [0.3, 0.4) is 0 Å². The number of nitrogens with two attached hydrogens (primary N) is 1. The molecule has 2 atom stereocenters. The van der Waals surface area contributed by atoms with Crippen molar-refractivity contribution in [3.8, 4) is 0 Å². The van der Waals surface area contributed by atoms with E-state index in [1.54, 1.807) is 0 Å². The third-order valence-corrected chi connectivity index (χ3v) is 3.96. The highest BCUT2D eigenvalue weighted by Gasteiger charge is 2.26. The molecule has 0 bridgehead atoms. The molecule has 17 heavy (non-hydrogen) atoms. The van der Waals surface area contributed by atoms with E-state index in [4.69, 9.17) is 10.5 Å². The van der Waals surface area contributed by atoms with Crippen LogP contribution in [-0.2, 0) is 4.74 Å². The monoisotopic (exact) mass is 260 g/mol. The maximum Gasteiger partial charge on any atom is 0.407 e. The first-order valence-electron chi connectivity index (χ1n) is 6.19. The van der Waals surface area contributed by atoms with Gasteiger partial charge < -0.3 is 15.8 Å². The van der Waals surface area contributed by atoms with E-state index in [-0.39, 0.29) is 12.1 Å². The number of rotatable bonds is 3. The first kappa shape index (κ1) is 14.6. The Balaban J connectivity index is 2.42. The maximum atomic E-state index is 11.7. The lowest BCUT2D eigenvalue weighted by Crippen LogP contribution is -2.48. The number of hydrogen-bond acceptors (Lipinski definition) is 4. The Labute approximate surface area is 108 Å². The first-order chi connectivity index (χ1) is 7.92. The zero-order chi connectivity index (χ0) is 12.9. The van der Waals surface area contributed by atoms with Crippen LogP contribution in [0.5, 0.6) is 0 Å². The van der Waals surface area contributed by atoms with E-state index in [0.717, 1.165) is 12.2 Å².